The molecule has 0 amide bonds. The Morgan fingerprint density at radius 1 is 1.19 bits per heavy atom. The molecule has 6 nitrogen and oxygen atoms in total. The van der Waals surface area contributed by atoms with Crippen molar-refractivity contribution in [2.24, 2.45) is 0 Å². The van der Waals surface area contributed by atoms with E-state index in [2.05, 4.69) is 46.6 Å². The summed E-state index contributed by atoms with van der Waals surface area (Å²) in [5.74, 6) is 1.64. The lowest BCUT2D eigenvalue weighted by Gasteiger charge is -2.34. The van der Waals surface area contributed by atoms with Crippen LogP contribution in [-0.4, -0.2) is 20.5 Å². The van der Waals surface area contributed by atoms with E-state index in [1.807, 2.05) is 12.1 Å². The third kappa shape index (κ3) is 2.29. The lowest BCUT2D eigenvalue weighted by Crippen LogP contribution is -2.33. The van der Waals surface area contributed by atoms with Crippen molar-refractivity contribution in [2.45, 2.75) is 31.7 Å². The highest BCUT2D eigenvalue weighted by Gasteiger charge is 2.40. The van der Waals surface area contributed by atoms with E-state index < -0.39 is 0 Å². The Kier molecular flexibility index (Phi) is 3.31. The van der Waals surface area contributed by atoms with E-state index in [-0.39, 0.29) is 17.7 Å². The molecular formula is C20H18N4O2. The van der Waals surface area contributed by atoms with Crippen LogP contribution in [0.25, 0.3) is 0 Å². The third-order valence-corrected chi connectivity index (χ3v) is 5.22. The van der Waals surface area contributed by atoms with Crippen molar-refractivity contribution in [1.82, 2.24) is 14.8 Å². The maximum absolute atomic E-state index is 13.1. The summed E-state index contributed by atoms with van der Waals surface area (Å²) in [6, 6.07) is 11.8. The summed E-state index contributed by atoms with van der Waals surface area (Å²) in [5.41, 5.74) is 4.08. The predicted molar refractivity (Wildman–Crippen MR) is 95.7 cm³/mol. The van der Waals surface area contributed by atoms with Crippen molar-refractivity contribution >= 4 is 11.7 Å². The van der Waals surface area contributed by atoms with Crippen LogP contribution in [0.5, 0.6) is 0 Å². The molecule has 1 aliphatic heterocycles. The zero-order chi connectivity index (χ0) is 17.7. The van der Waals surface area contributed by atoms with Crippen LogP contribution in [-0.2, 0) is 4.79 Å². The minimum absolute atomic E-state index is 0.131. The van der Waals surface area contributed by atoms with Gasteiger partial charge in [-0.1, -0.05) is 29.8 Å². The molecule has 130 valence electrons. The van der Waals surface area contributed by atoms with Crippen LogP contribution in [0, 0.1) is 6.92 Å². The van der Waals surface area contributed by atoms with Crippen LogP contribution in [0.3, 0.4) is 0 Å². The van der Waals surface area contributed by atoms with Gasteiger partial charge in [-0.25, -0.2) is 4.68 Å². The molecule has 0 fully saturated rings. The second kappa shape index (κ2) is 5.69. The number of furan rings is 1. The fourth-order valence-corrected chi connectivity index (χ4v) is 3.94. The molecule has 2 atom stereocenters. The number of aromatic nitrogens is 3. The molecule has 0 spiro atoms. The van der Waals surface area contributed by atoms with Gasteiger partial charge in [0.05, 0.1) is 6.26 Å². The van der Waals surface area contributed by atoms with E-state index in [4.69, 9.17) is 4.42 Å². The van der Waals surface area contributed by atoms with Crippen molar-refractivity contribution in [3.63, 3.8) is 0 Å². The summed E-state index contributed by atoms with van der Waals surface area (Å²) in [5, 5.41) is 7.62. The smallest absolute Gasteiger partial charge is 0.226 e. The van der Waals surface area contributed by atoms with Crippen molar-refractivity contribution < 1.29 is 9.21 Å². The first-order valence-corrected chi connectivity index (χ1v) is 8.73. The quantitative estimate of drug-likeness (QED) is 0.767. The zero-order valence-corrected chi connectivity index (χ0v) is 14.3. The summed E-state index contributed by atoms with van der Waals surface area (Å²) in [6.07, 6.45) is 4.38. The molecule has 0 unspecified atom stereocenters. The first kappa shape index (κ1) is 15.1. The van der Waals surface area contributed by atoms with Gasteiger partial charge in [-0.15, -0.1) is 0 Å². The topological polar surface area (TPSA) is 73.0 Å². The van der Waals surface area contributed by atoms with Gasteiger partial charge < -0.3 is 9.73 Å². The fraction of sp³-hybridized carbons (Fsp3) is 0.250. The van der Waals surface area contributed by atoms with Gasteiger partial charge in [-0.3, -0.25) is 4.79 Å². The molecule has 1 N–H and O–H groups in total. The van der Waals surface area contributed by atoms with E-state index in [9.17, 15) is 4.79 Å². The average Bonchev–Trinajstić information content (AvgIpc) is 3.32. The second-order valence-electron chi connectivity index (χ2n) is 6.90. The second-order valence-corrected chi connectivity index (χ2v) is 6.90. The molecule has 2 aliphatic rings. The van der Waals surface area contributed by atoms with Gasteiger partial charge >= 0.3 is 0 Å². The van der Waals surface area contributed by atoms with Crippen LogP contribution in [0.15, 0.2) is 64.7 Å². The largest absolute Gasteiger partial charge is 0.467 e. The number of Topliss-reactive ketones (excluding diaryl/α,β-unsaturated/α-hetero) is 1. The summed E-state index contributed by atoms with van der Waals surface area (Å²) >= 11 is 0. The number of carbonyl (C=O) groups excluding carboxylic acids is 1. The number of allylic oxidation sites excluding steroid dienone is 2. The molecule has 5 rings (SSSR count). The Bertz CT molecular complexity index is 999. The first-order chi connectivity index (χ1) is 12.7. The van der Waals surface area contributed by atoms with E-state index in [0.29, 0.717) is 18.1 Å². The van der Waals surface area contributed by atoms with Crippen molar-refractivity contribution in [1.29, 1.82) is 0 Å². The number of aryl methyl sites for hydroxylation is 1. The Hall–Kier alpha value is -3.15. The SMILES string of the molecule is Cc1ccc([C@@H]2CC(=O)C3=C(C2)Nc2ncnn2[C@H]3c2ccco2)cc1. The lowest BCUT2D eigenvalue weighted by atomic mass is 9.78. The van der Waals surface area contributed by atoms with E-state index >= 15 is 0 Å². The van der Waals surface area contributed by atoms with Gasteiger partial charge in [-0.05, 0) is 37.0 Å². The lowest BCUT2D eigenvalue weighted by molar-refractivity contribution is -0.116. The molecule has 1 aromatic carbocycles. The number of benzene rings is 1. The Morgan fingerprint density at radius 2 is 2.04 bits per heavy atom. The number of hydrogen-bond donors (Lipinski definition) is 1. The number of hydrogen-bond acceptors (Lipinski definition) is 5. The number of anilines is 1. The van der Waals surface area contributed by atoms with Crippen molar-refractivity contribution in [2.75, 3.05) is 5.32 Å². The molecule has 0 saturated carbocycles. The molecule has 3 aromatic rings. The first-order valence-electron chi connectivity index (χ1n) is 8.73. The molecule has 0 radical (unpaired) electrons. The van der Waals surface area contributed by atoms with Gasteiger partial charge in [0.2, 0.25) is 5.95 Å². The molecule has 0 saturated heterocycles. The summed E-state index contributed by atoms with van der Waals surface area (Å²) in [7, 11) is 0. The minimum Gasteiger partial charge on any atom is -0.467 e. The highest BCUT2D eigenvalue weighted by Crippen LogP contribution is 2.43. The van der Waals surface area contributed by atoms with E-state index in [0.717, 1.165) is 17.7 Å². The maximum Gasteiger partial charge on any atom is 0.226 e. The average molecular weight is 346 g/mol. The van der Waals surface area contributed by atoms with Crippen LogP contribution in [0.1, 0.15) is 41.7 Å². The van der Waals surface area contributed by atoms with Gasteiger partial charge in [0.15, 0.2) is 5.78 Å². The molecule has 26 heavy (non-hydrogen) atoms. The van der Waals surface area contributed by atoms with Crippen molar-refractivity contribution in [3.8, 4) is 0 Å². The van der Waals surface area contributed by atoms with Gasteiger partial charge in [0, 0.05) is 17.7 Å². The number of carbonyl (C=O) groups is 1. The third-order valence-electron chi connectivity index (χ3n) is 5.22. The molecule has 6 heteroatoms. The predicted octanol–water partition coefficient (Wildman–Crippen LogP) is 3.60. The van der Waals surface area contributed by atoms with Crippen LogP contribution >= 0.6 is 0 Å². The molecule has 3 heterocycles. The van der Waals surface area contributed by atoms with Crippen LogP contribution < -0.4 is 5.32 Å². The maximum atomic E-state index is 13.1. The minimum atomic E-state index is -0.356. The number of rotatable bonds is 2. The number of nitrogens with one attached hydrogen (secondary N) is 1. The number of fused-ring (bicyclic) bond motifs is 1. The molecular weight excluding hydrogens is 328 g/mol. The molecule has 0 bridgehead atoms. The Labute approximate surface area is 150 Å². The summed E-state index contributed by atoms with van der Waals surface area (Å²) in [4.78, 5) is 17.4. The van der Waals surface area contributed by atoms with Gasteiger partial charge in [-0.2, -0.15) is 10.1 Å². The van der Waals surface area contributed by atoms with E-state index in [1.54, 1.807) is 10.9 Å². The van der Waals surface area contributed by atoms with E-state index in [1.165, 1.54) is 17.5 Å². The standard InChI is InChI=1S/C20H18N4O2/c1-12-4-6-13(7-5-12)14-9-15-18(16(25)10-14)19(17-3-2-8-26-17)24-20(23-15)21-11-22-24/h2-8,11,14,19H,9-10H2,1H3,(H,21,22,23)/t14-,19-/m0/s1. The highest BCUT2D eigenvalue weighted by atomic mass is 16.3. The normalized spacial score (nSPS) is 22.0. The van der Waals surface area contributed by atoms with Crippen LogP contribution in [0.2, 0.25) is 0 Å². The molecule has 2 aromatic heterocycles. The Morgan fingerprint density at radius 3 is 2.81 bits per heavy atom. The Balaban J connectivity index is 1.58. The van der Waals surface area contributed by atoms with Crippen LogP contribution in [0.4, 0.5) is 5.95 Å². The monoisotopic (exact) mass is 346 g/mol. The fourth-order valence-electron chi connectivity index (χ4n) is 3.94. The van der Waals surface area contributed by atoms with Gasteiger partial charge in [0.25, 0.3) is 0 Å². The highest BCUT2D eigenvalue weighted by molar-refractivity contribution is 6.00. The summed E-state index contributed by atoms with van der Waals surface area (Å²) < 4.78 is 7.34. The zero-order valence-electron chi connectivity index (χ0n) is 14.3. The van der Waals surface area contributed by atoms with Gasteiger partial charge in [0.1, 0.15) is 18.1 Å². The van der Waals surface area contributed by atoms with Crippen molar-refractivity contribution in [3.05, 3.63) is 77.1 Å². The molecule has 1 aliphatic carbocycles. The number of ketones is 1. The summed E-state index contributed by atoms with van der Waals surface area (Å²) in [6.45, 7) is 2.07. The number of nitrogens with zero attached hydrogens (tertiary/aromatic N) is 3.